The minimum Gasteiger partial charge on any atom is -0.330 e. The lowest BCUT2D eigenvalue weighted by molar-refractivity contribution is -0.152. The molecule has 1 aromatic carbocycles. The van der Waals surface area contributed by atoms with Crippen LogP contribution in [0.3, 0.4) is 0 Å². The van der Waals surface area contributed by atoms with Gasteiger partial charge in [0.2, 0.25) is 0 Å². The molecule has 5 nitrogen and oxygen atoms in total. The number of nitrogens with zero attached hydrogens (tertiary/aromatic N) is 2. The van der Waals surface area contributed by atoms with Gasteiger partial charge in [-0.05, 0) is 39.8 Å². The Labute approximate surface area is 145 Å². The molecule has 0 N–H and O–H groups in total. The largest absolute Gasteiger partial charge is 0.330 e. The van der Waals surface area contributed by atoms with Crippen molar-refractivity contribution in [2.24, 2.45) is 0 Å². The lowest BCUT2D eigenvalue weighted by atomic mass is 10.1. The Kier molecular flexibility index (Phi) is 5.01. The quantitative estimate of drug-likeness (QED) is 0.765. The van der Waals surface area contributed by atoms with E-state index in [1.807, 2.05) is 27.7 Å². The zero-order valence-electron chi connectivity index (χ0n) is 13.4. The number of imide groups is 1. The molecule has 0 atom stereocenters. The van der Waals surface area contributed by atoms with E-state index in [9.17, 15) is 14.4 Å². The maximum Gasteiger partial charge on any atom is 0.319 e. The second-order valence-electron chi connectivity index (χ2n) is 6.01. The Bertz CT molecular complexity index is 678. The highest BCUT2D eigenvalue weighted by atomic mass is 35.5. The van der Waals surface area contributed by atoms with Gasteiger partial charge in [0, 0.05) is 33.3 Å². The average molecular weight is 357 g/mol. The normalized spacial score (nSPS) is 13.7. The Hall–Kier alpha value is -1.59. The first kappa shape index (κ1) is 17.8. The maximum absolute atomic E-state index is 12.5. The Morgan fingerprint density at radius 1 is 1.13 bits per heavy atom. The van der Waals surface area contributed by atoms with Crippen LogP contribution >= 0.6 is 23.2 Å². The third-order valence-corrected chi connectivity index (χ3v) is 4.28. The number of carbonyl (C=O) groups is 3. The van der Waals surface area contributed by atoms with E-state index in [1.54, 1.807) is 0 Å². The fraction of sp³-hybridized carbons (Fsp3) is 0.438. The summed E-state index contributed by atoms with van der Waals surface area (Å²) in [6.45, 7) is 7.27. The first-order valence-electron chi connectivity index (χ1n) is 7.31. The van der Waals surface area contributed by atoms with Gasteiger partial charge in [0.05, 0.1) is 6.54 Å². The van der Waals surface area contributed by atoms with Crippen LogP contribution in [0, 0.1) is 0 Å². The molecule has 0 saturated carbocycles. The van der Waals surface area contributed by atoms with Crippen LogP contribution in [0.25, 0.3) is 0 Å². The number of hydrogen-bond acceptors (Lipinski definition) is 3. The third kappa shape index (κ3) is 3.21. The molecule has 1 heterocycles. The van der Waals surface area contributed by atoms with Gasteiger partial charge in [-0.25, -0.2) is 0 Å². The van der Waals surface area contributed by atoms with Gasteiger partial charge in [-0.2, -0.15) is 0 Å². The van der Waals surface area contributed by atoms with Crippen LogP contribution in [-0.4, -0.2) is 39.6 Å². The van der Waals surface area contributed by atoms with Gasteiger partial charge < -0.3 is 4.90 Å². The fourth-order valence-corrected chi connectivity index (χ4v) is 3.34. The lowest BCUT2D eigenvalue weighted by Crippen LogP contribution is -2.50. The van der Waals surface area contributed by atoms with Gasteiger partial charge in [-0.15, -0.1) is 0 Å². The van der Waals surface area contributed by atoms with Crippen molar-refractivity contribution in [3.05, 3.63) is 33.3 Å². The van der Waals surface area contributed by atoms with Crippen LogP contribution in [0.4, 0.5) is 0 Å². The number of carbonyl (C=O) groups excluding carboxylic acids is 3. The van der Waals surface area contributed by atoms with Crippen LogP contribution in [0.2, 0.25) is 10.0 Å². The smallest absolute Gasteiger partial charge is 0.319 e. The van der Waals surface area contributed by atoms with Crippen molar-refractivity contribution in [3.8, 4) is 0 Å². The summed E-state index contributed by atoms with van der Waals surface area (Å²) in [4.78, 5) is 39.8. The topological polar surface area (TPSA) is 57.7 Å². The van der Waals surface area contributed by atoms with Crippen LogP contribution in [0.5, 0.6) is 0 Å². The molecule has 124 valence electrons. The van der Waals surface area contributed by atoms with E-state index in [-0.39, 0.29) is 24.2 Å². The first-order valence-corrected chi connectivity index (χ1v) is 8.07. The molecular formula is C16H18Cl2N2O3. The van der Waals surface area contributed by atoms with E-state index in [1.165, 1.54) is 17.0 Å². The van der Waals surface area contributed by atoms with E-state index in [4.69, 9.17) is 23.2 Å². The lowest BCUT2D eigenvalue weighted by Gasteiger charge is -2.31. The Morgan fingerprint density at radius 3 is 2.22 bits per heavy atom. The highest BCUT2D eigenvalue weighted by Gasteiger charge is 2.39. The summed E-state index contributed by atoms with van der Waals surface area (Å²) >= 11 is 12.0. The minimum absolute atomic E-state index is 0.0151. The molecule has 0 aromatic heterocycles. The van der Waals surface area contributed by atoms with Crippen molar-refractivity contribution in [1.82, 2.24) is 9.80 Å². The second-order valence-corrected chi connectivity index (χ2v) is 6.85. The molecule has 0 bridgehead atoms. The van der Waals surface area contributed by atoms with Gasteiger partial charge in [0.15, 0.2) is 0 Å². The molecular weight excluding hydrogens is 339 g/mol. The van der Waals surface area contributed by atoms with Crippen molar-refractivity contribution in [1.29, 1.82) is 0 Å². The highest BCUT2D eigenvalue weighted by molar-refractivity contribution is 6.40. The van der Waals surface area contributed by atoms with Gasteiger partial charge in [0.25, 0.3) is 5.91 Å². The first-order chi connectivity index (χ1) is 10.6. The molecule has 0 fully saturated rings. The third-order valence-electron chi connectivity index (χ3n) is 3.73. The summed E-state index contributed by atoms with van der Waals surface area (Å²) in [6, 6.07) is 2.68. The number of rotatable bonds is 2. The zero-order valence-corrected chi connectivity index (χ0v) is 14.9. The molecule has 0 unspecified atom stereocenters. The Morgan fingerprint density at radius 2 is 1.70 bits per heavy atom. The molecule has 0 spiro atoms. The van der Waals surface area contributed by atoms with Crippen molar-refractivity contribution in [3.63, 3.8) is 0 Å². The predicted octanol–water partition coefficient (Wildman–Crippen LogP) is 3.12. The summed E-state index contributed by atoms with van der Waals surface area (Å²) in [5, 5.41) is 0.627. The summed E-state index contributed by atoms with van der Waals surface area (Å²) in [6.07, 6.45) is 0. The van der Waals surface area contributed by atoms with E-state index >= 15 is 0 Å². The standard InChI is InChI=1S/C16H18Cl2N2O3/c1-8(2)20(9(3)4)16(23)15(22)19-7-12-11(14(19)21)5-10(17)6-13(12)18/h5-6,8-9H,7H2,1-4H3. The molecule has 1 aliphatic rings. The molecule has 0 radical (unpaired) electrons. The minimum atomic E-state index is -0.846. The van der Waals surface area contributed by atoms with Gasteiger partial charge in [-0.1, -0.05) is 23.2 Å². The highest BCUT2D eigenvalue weighted by Crippen LogP contribution is 2.32. The molecule has 7 heteroatoms. The van der Waals surface area contributed by atoms with Crippen LogP contribution in [0.1, 0.15) is 43.6 Å². The number of halogens is 2. The second kappa shape index (κ2) is 6.49. The summed E-state index contributed by atoms with van der Waals surface area (Å²) in [7, 11) is 0. The van der Waals surface area contributed by atoms with E-state index < -0.39 is 17.7 Å². The monoisotopic (exact) mass is 356 g/mol. The zero-order chi connectivity index (χ0) is 17.5. The number of benzene rings is 1. The molecule has 2 rings (SSSR count). The van der Waals surface area contributed by atoms with Gasteiger partial charge in [0.1, 0.15) is 0 Å². The molecule has 23 heavy (non-hydrogen) atoms. The summed E-state index contributed by atoms with van der Waals surface area (Å²) < 4.78 is 0. The number of amides is 3. The van der Waals surface area contributed by atoms with Gasteiger partial charge in [-0.3, -0.25) is 19.3 Å². The summed E-state index contributed by atoms with van der Waals surface area (Å²) in [5.41, 5.74) is 0.784. The molecule has 3 amide bonds. The van der Waals surface area contributed by atoms with Crippen molar-refractivity contribution in [2.75, 3.05) is 0 Å². The fourth-order valence-electron chi connectivity index (χ4n) is 2.79. The van der Waals surface area contributed by atoms with E-state index in [2.05, 4.69) is 0 Å². The van der Waals surface area contributed by atoms with Crippen LogP contribution < -0.4 is 0 Å². The molecule has 0 aliphatic carbocycles. The van der Waals surface area contributed by atoms with E-state index in [0.29, 0.717) is 15.6 Å². The predicted molar refractivity (Wildman–Crippen MR) is 88.5 cm³/mol. The van der Waals surface area contributed by atoms with E-state index in [0.717, 1.165) is 4.90 Å². The Balaban J connectivity index is 2.31. The number of fused-ring (bicyclic) bond motifs is 1. The molecule has 0 saturated heterocycles. The van der Waals surface area contributed by atoms with Gasteiger partial charge >= 0.3 is 11.8 Å². The molecule has 1 aliphatic heterocycles. The SMILES string of the molecule is CC(C)N(C(=O)C(=O)N1Cc2c(Cl)cc(Cl)cc2C1=O)C(C)C. The van der Waals surface area contributed by atoms with Crippen molar-refractivity contribution in [2.45, 2.75) is 46.3 Å². The average Bonchev–Trinajstić information content (AvgIpc) is 2.75. The van der Waals surface area contributed by atoms with Crippen molar-refractivity contribution >= 4 is 40.9 Å². The van der Waals surface area contributed by atoms with Crippen molar-refractivity contribution < 1.29 is 14.4 Å². The molecule has 1 aromatic rings. The van der Waals surface area contributed by atoms with Crippen LogP contribution in [-0.2, 0) is 16.1 Å². The maximum atomic E-state index is 12.5. The number of hydrogen-bond donors (Lipinski definition) is 0. The van der Waals surface area contributed by atoms with Crippen LogP contribution in [0.15, 0.2) is 12.1 Å². The summed E-state index contributed by atoms with van der Waals surface area (Å²) in [5.74, 6) is -2.09.